The van der Waals surface area contributed by atoms with Gasteiger partial charge in [0.15, 0.2) is 0 Å². The van der Waals surface area contributed by atoms with E-state index in [1.165, 1.54) is 13.0 Å². The quantitative estimate of drug-likeness (QED) is 0.279. The molecule has 32 heavy (non-hydrogen) atoms. The summed E-state index contributed by atoms with van der Waals surface area (Å²) in [6, 6.07) is 17.2. The lowest BCUT2D eigenvalue weighted by molar-refractivity contribution is -0.136. The lowest BCUT2D eigenvalue weighted by Gasteiger charge is -2.14. The summed E-state index contributed by atoms with van der Waals surface area (Å²) in [5, 5.41) is 13.0. The van der Waals surface area contributed by atoms with E-state index in [2.05, 4.69) is 5.32 Å². The van der Waals surface area contributed by atoms with Crippen molar-refractivity contribution < 1.29 is 28.6 Å². The van der Waals surface area contributed by atoms with Gasteiger partial charge in [0.05, 0.1) is 5.39 Å². The molecule has 1 amide bonds. The smallest absolute Gasteiger partial charge is 0.408 e. The third kappa shape index (κ3) is 4.39. The first-order chi connectivity index (χ1) is 15.4. The van der Waals surface area contributed by atoms with Crippen molar-refractivity contribution in [3.05, 3.63) is 82.5 Å². The molecule has 1 unspecified atom stereocenters. The van der Waals surface area contributed by atoms with Gasteiger partial charge in [-0.1, -0.05) is 42.5 Å². The van der Waals surface area contributed by atoms with Crippen LogP contribution in [0.25, 0.3) is 21.9 Å². The standard InChI is InChI=1S/C24H19NO7/c1-14(25-24(29)30-13-15-7-3-2-4-8-15)23(28)31-16-11-18(26)21-20(12-16)32-19-10-6-5-9-17(19)22(21)27/h2-12,14,26H,13H2,1H3,(H,25,29). The van der Waals surface area contributed by atoms with Gasteiger partial charge in [-0.15, -0.1) is 0 Å². The van der Waals surface area contributed by atoms with Crippen LogP contribution in [0, 0.1) is 0 Å². The second-order valence-corrected chi connectivity index (χ2v) is 7.09. The molecule has 162 valence electrons. The van der Waals surface area contributed by atoms with Crippen molar-refractivity contribution in [3.63, 3.8) is 0 Å². The number of nitrogens with one attached hydrogen (secondary N) is 1. The highest BCUT2D eigenvalue weighted by molar-refractivity contribution is 5.94. The largest absolute Gasteiger partial charge is 0.507 e. The molecule has 0 fully saturated rings. The molecule has 4 rings (SSSR count). The molecular weight excluding hydrogens is 414 g/mol. The average molecular weight is 433 g/mol. The number of benzene rings is 3. The number of aromatic hydroxyl groups is 1. The van der Waals surface area contributed by atoms with Crippen molar-refractivity contribution in [3.8, 4) is 11.5 Å². The van der Waals surface area contributed by atoms with Gasteiger partial charge in [0.1, 0.15) is 40.7 Å². The first kappa shape index (κ1) is 20.9. The average Bonchev–Trinajstić information content (AvgIpc) is 2.78. The predicted octanol–water partition coefficient (Wildman–Crippen LogP) is 3.87. The Labute approximate surface area is 182 Å². The molecule has 3 aromatic carbocycles. The summed E-state index contributed by atoms with van der Waals surface area (Å²) in [5.41, 5.74) is 0.815. The normalized spacial score (nSPS) is 11.8. The van der Waals surface area contributed by atoms with E-state index in [0.717, 1.165) is 11.6 Å². The molecule has 0 saturated carbocycles. The Morgan fingerprint density at radius 2 is 1.75 bits per heavy atom. The number of fused-ring (bicyclic) bond motifs is 2. The summed E-state index contributed by atoms with van der Waals surface area (Å²) in [5.74, 6) is -1.21. The van der Waals surface area contributed by atoms with Gasteiger partial charge in [0.2, 0.25) is 5.43 Å². The van der Waals surface area contributed by atoms with Crippen molar-refractivity contribution >= 4 is 34.0 Å². The van der Waals surface area contributed by atoms with E-state index in [-0.39, 0.29) is 29.1 Å². The van der Waals surface area contributed by atoms with Gasteiger partial charge in [0, 0.05) is 12.1 Å². The fourth-order valence-corrected chi connectivity index (χ4v) is 3.15. The minimum Gasteiger partial charge on any atom is -0.507 e. The topological polar surface area (TPSA) is 115 Å². The number of phenolic OH excluding ortho intramolecular Hbond substituents is 1. The van der Waals surface area contributed by atoms with Gasteiger partial charge in [-0.2, -0.15) is 0 Å². The Hall–Kier alpha value is -4.33. The SMILES string of the molecule is CC(NC(=O)OCc1ccccc1)C(=O)Oc1cc(O)c2c(=O)c3ccccc3oc2c1. The maximum atomic E-state index is 12.6. The summed E-state index contributed by atoms with van der Waals surface area (Å²) in [4.78, 5) is 37.0. The third-order valence-corrected chi connectivity index (χ3v) is 4.75. The summed E-state index contributed by atoms with van der Waals surface area (Å²) >= 11 is 0. The second-order valence-electron chi connectivity index (χ2n) is 7.09. The molecular formula is C24H19NO7. The van der Waals surface area contributed by atoms with Crippen LogP contribution in [0.4, 0.5) is 4.79 Å². The van der Waals surface area contributed by atoms with Crippen LogP contribution < -0.4 is 15.5 Å². The molecule has 8 nitrogen and oxygen atoms in total. The van der Waals surface area contributed by atoms with Gasteiger partial charge in [0.25, 0.3) is 0 Å². The van der Waals surface area contributed by atoms with E-state index < -0.39 is 23.5 Å². The van der Waals surface area contributed by atoms with E-state index >= 15 is 0 Å². The summed E-state index contributed by atoms with van der Waals surface area (Å²) in [7, 11) is 0. The molecule has 4 aromatic rings. The summed E-state index contributed by atoms with van der Waals surface area (Å²) < 4.78 is 16.0. The number of ether oxygens (including phenoxy) is 2. The lowest BCUT2D eigenvalue weighted by Crippen LogP contribution is -2.41. The van der Waals surface area contributed by atoms with Crippen LogP contribution >= 0.6 is 0 Å². The van der Waals surface area contributed by atoms with Crippen LogP contribution in [0.15, 0.2) is 75.9 Å². The zero-order valence-electron chi connectivity index (χ0n) is 17.0. The minimum absolute atomic E-state index is 0.0147. The monoisotopic (exact) mass is 433 g/mol. The van der Waals surface area contributed by atoms with Crippen molar-refractivity contribution in [2.24, 2.45) is 0 Å². The van der Waals surface area contributed by atoms with Crippen LogP contribution in [-0.2, 0) is 16.1 Å². The van der Waals surface area contributed by atoms with Gasteiger partial charge < -0.3 is 24.3 Å². The number of phenols is 1. The Morgan fingerprint density at radius 1 is 1.03 bits per heavy atom. The van der Waals surface area contributed by atoms with Gasteiger partial charge in [-0.3, -0.25) is 4.79 Å². The van der Waals surface area contributed by atoms with Crippen molar-refractivity contribution in [1.82, 2.24) is 5.32 Å². The predicted molar refractivity (Wildman–Crippen MR) is 117 cm³/mol. The van der Waals surface area contributed by atoms with E-state index in [9.17, 15) is 19.5 Å². The Kier molecular flexibility index (Phi) is 5.76. The lowest BCUT2D eigenvalue weighted by atomic mass is 10.1. The highest BCUT2D eigenvalue weighted by atomic mass is 16.6. The fourth-order valence-electron chi connectivity index (χ4n) is 3.15. The molecule has 0 aliphatic carbocycles. The van der Waals surface area contributed by atoms with Crippen molar-refractivity contribution in [2.75, 3.05) is 0 Å². The first-order valence-electron chi connectivity index (χ1n) is 9.80. The maximum Gasteiger partial charge on any atom is 0.408 e. The van der Waals surface area contributed by atoms with E-state index in [4.69, 9.17) is 13.9 Å². The zero-order chi connectivity index (χ0) is 22.7. The third-order valence-electron chi connectivity index (χ3n) is 4.75. The van der Waals surface area contributed by atoms with Gasteiger partial charge in [-0.25, -0.2) is 9.59 Å². The Balaban J connectivity index is 1.46. The molecule has 8 heteroatoms. The van der Waals surface area contributed by atoms with Crippen LogP contribution in [0.5, 0.6) is 11.5 Å². The number of carbonyl (C=O) groups excluding carboxylic acids is 2. The number of rotatable bonds is 5. The molecule has 0 radical (unpaired) electrons. The van der Waals surface area contributed by atoms with Crippen molar-refractivity contribution in [2.45, 2.75) is 19.6 Å². The minimum atomic E-state index is -1.03. The number of hydrogen-bond acceptors (Lipinski definition) is 7. The van der Waals surface area contributed by atoms with Crippen LogP contribution in [0.3, 0.4) is 0 Å². The Bertz CT molecular complexity index is 1360. The maximum absolute atomic E-state index is 12.6. The number of amides is 1. The van der Waals surface area contributed by atoms with Gasteiger partial charge in [-0.05, 0) is 24.6 Å². The van der Waals surface area contributed by atoms with Crippen LogP contribution in [0.2, 0.25) is 0 Å². The summed E-state index contributed by atoms with van der Waals surface area (Å²) in [6.07, 6.45) is -0.780. The van der Waals surface area contributed by atoms with E-state index in [0.29, 0.717) is 11.0 Å². The van der Waals surface area contributed by atoms with Gasteiger partial charge >= 0.3 is 12.1 Å². The highest BCUT2D eigenvalue weighted by Gasteiger charge is 2.20. The molecule has 1 atom stereocenters. The molecule has 1 aromatic heterocycles. The van der Waals surface area contributed by atoms with E-state index in [1.54, 1.807) is 36.4 Å². The number of hydrogen-bond donors (Lipinski definition) is 2. The highest BCUT2D eigenvalue weighted by Crippen LogP contribution is 2.30. The second kappa shape index (κ2) is 8.81. The van der Waals surface area contributed by atoms with E-state index in [1.807, 2.05) is 18.2 Å². The molecule has 0 saturated heterocycles. The zero-order valence-corrected chi connectivity index (χ0v) is 17.0. The molecule has 0 aliphatic heterocycles. The van der Waals surface area contributed by atoms with Crippen LogP contribution in [-0.4, -0.2) is 23.2 Å². The first-order valence-corrected chi connectivity index (χ1v) is 9.80. The molecule has 1 heterocycles. The number of esters is 1. The van der Waals surface area contributed by atoms with Crippen LogP contribution in [0.1, 0.15) is 12.5 Å². The van der Waals surface area contributed by atoms with Crippen molar-refractivity contribution in [1.29, 1.82) is 0 Å². The number of carbonyl (C=O) groups is 2. The fraction of sp³-hybridized carbons (Fsp3) is 0.125. The molecule has 2 N–H and O–H groups in total. The summed E-state index contributed by atoms with van der Waals surface area (Å²) in [6.45, 7) is 1.49. The molecule has 0 spiro atoms. The Morgan fingerprint density at radius 3 is 2.53 bits per heavy atom. The number of alkyl carbamates (subject to hydrolysis) is 1. The number of para-hydroxylation sites is 1. The molecule has 0 aliphatic rings. The molecule has 0 bridgehead atoms.